The van der Waals surface area contributed by atoms with E-state index in [1.165, 1.54) is 24.3 Å². The lowest BCUT2D eigenvalue weighted by Crippen LogP contribution is -2.37. The molecule has 1 aliphatic rings. The quantitative estimate of drug-likeness (QED) is 0.489. The van der Waals surface area contributed by atoms with Crippen LogP contribution in [-0.2, 0) is 4.74 Å². The molecule has 2 aromatic carbocycles. The van der Waals surface area contributed by atoms with Crippen LogP contribution in [0.3, 0.4) is 0 Å². The molecule has 1 heterocycles. The van der Waals surface area contributed by atoms with Crippen LogP contribution in [-0.4, -0.2) is 50.3 Å². The van der Waals surface area contributed by atoms with Gasteiger partial charge in [-0.15, -0.1) is 0 Å². The molecule has 0 atom stereocenters. The summed E-state index contributed by atoms with van der Waals surface area (Å²) in [5.74, 6) is 0.211. The van der Waals surface area contributed by atoms with Crippen molar-refractivity contribution in [3.63, 3.8) is 0 Å². The molecule has 0 saturated carbocycles. The molecule has 1 amide bonds. The number of non-ortho nitro benzene ring substituents is 1. The Balaban J connectivity index is 2.00. The van der Waals surface area contributed by atoms with Crippen molar-refractivity contribution >= 4 is 23.0 Å². The highest BCUT2D eigenvalue weighted by molar-refractivity contribution is 6.09. The molecule has 32 heavy (non-hydrogen) atoms. The first-order valence-corrected chi connectivity index (χ1v) is 10.2. The van der Waals surface area contributed by atoms with Crippen LogP contribution in [0.25, 0.3) is 0 Å². The molecule has 0 bridgehead atoms. The lowest BCUT2D eigenvalue weighted by atomic mass is 10.1. The summed E-state index contributed by atoms with van der Waals surface area (Å²) in [6, 6.07) is 9.24. The number of ether oxygens (including phenoxy) is 3. The van der Waals surface area contributed by atoms with E-state index in [2.05, 4.69) is 5.32 Å². The smallest absolute Gasteiger partial charge is 0.270 e. The van der Waals surface area contributed by atoms with E-state index in [0.29, 0.717) is 56.7 Å². The lowest BCUT2D eigenvalue weighted by molar-refractivity contribution is -0.384. The fraction of sp³-hybridized carbons (Fsp3) is 0.364. The van der Waals surface area contributed by atoms with E-state index in [1.54, 1.807) is 6.07 Å². The summed E-state index contributed by atoms with van der Waals surface area (Å²) in [6.07, 6.45) is 0. The number of nitriles is 1. The number of carbonyl (C=O) groups is 1. The summed E-state index contributed by atoms with van der Waals surface area (Å²) in [4.78, 5) is 25.9. The van der Waals surface area contributed by atoms with E-state index in [0.717, 1.165) is 0 Å². The lowest BCUT2D eigenvalue weighted by Gasteiger charge is -2.30. The third-order valence-electron chi connectivity index (χ3n) is 4.84. The van der Waals surface area contributed by atoms with Crippen molar-refractivity contribution in [1.82, 2.24) is 0 Å². The van der Waals surface area contributed by atoms with Crippen molar-refractivity contribution in [3.05, 3.63) is 51.6 Å². The summed E-state index contributed by atoms with van der Waals surface area (Å²) in [7, 11) is 0. The predicted molar refractivity (Wildman–Crippen MR) is 118 cm³/mol. The summed E-state index contributed by atoms with van der Waals surface area (Å²) < 4.78 is 16.5. The topological polar surface area (TPSA) is 127 Å². The van der Waals surface area contributed by atoms with Crippen LogP contribution in [0.15, 0.2) is 30.3 Å². The first-order valence-electron chi connectivity index (χ1n) is 10.2. The number of hydrogen-bond acceptors (Lipinski definition) is 8. The fourth-order valence-corrected chi connectivity index (χ4v) is 3.38. The van der Waals surface area contributed by atoms with Gasteiger partial charge in [0.2, 0.25) is 0 Å². The maximum absolute atomic E-state index is 13.2. The van der Waals surface area contributed by atoms with E-state index < -0.39 is 10.8 Å². The van der Waals surface area contributed by atoms with Crippen molar-refractivity contribution in [2.45, 2.75) is 13.8 Å². The third-order valence-corrected chi connectivity index (χ3v) is 4.84. The average Bonchev–Trinajstić information content (AvgIpc) is 2.81. The number of hydrogen-bond donors (Lipinski definition) is 1. The summed E-state index contributed by atoms with van der Waals surface area (Å²) in [5, 5.41) is 23.6. The summed E-state index contributed by atoms with van der Waals surface area (Å²) >= 11 is 0. The van der Waals surface area contributed by atoms with E-state index in [-0.39, 0.29) is 22.5 Å². The van der Waals surface area contributed by atoms with Gasteiger partial charge in [0.25, 0.3) is 11.6 Å². The summed E-state index contributed by atoms with van der Waals surface area (Å²) in [5.41, 5.74) is 0.907. The number of nitrogens with zero attached hydrogens (tertiary/aromatic N) is 3. The largest absolute Gasteiger partial charge is 0.490 e. The standard InChI is InChI=1S/C22H24N4O6/c1-3-31-20-11-15(14-23)18(13-21(20)32-4-2)24-22(27)17-12-16(26(28)29)5-6-19(17)25-7-9-30-10-8-25/h5-6,11-13H,3-4,7-10H2,1-2H3,(H,24,27). The molecular formula is C22H24N4O6. The molecule has 0 radical (unpaired) electrons. The minimum absolute atomic E-state index is 0.136. The zero-order valence-electron chi connectivity index (χ0n) is 17.9. The molecule has 1 N–H and O–H groups in total. The van der Waals surface area contributed by atoms with Gasteiger partial charge in [-0.3, -0.25) is 14.9 Å². The normalized spacial score (nSPS) is 13.2. The molecule has 10 nitrogen and oxygen atoms in total. The Morgan fingerprint density at radius 1 is 1.19 bits per heavy atom. The van der Waals surface area contributed by atoms with Gasteiger partial charge < -0.3 is 24.4 Å². The fourth-order valence-electron chi connectivity index (χ4n) is 3.38. The molecule has 0 unspecified atom stereocenters. The second-order valence-electron chi connectivity index (χ2n) is 6.83. The number of nitro benzene ring substituents is 1. The number of morpholine rings is 1. The zero-order valence-corrected chi connectivity index (χ0v) is 17.9. The van der Waals surface area contributed by atoms with Gasteiger partial charge in [0.1, 0.15) is 6.07 Å². The van der Waals surface area contributed by atoms with Gasteiger partial charge in [-0.25, -0.2) is 0 Å². The number of anilines is 2. The van der Waals surface area contributed by atoms with E-state index >= 15 is 0 Å². The minimum Gasteiger partial charge on any atom is -0.490 e. The monoisotopic (exact) mass is 440 g/mol. The third kappa shape index (κ3) is 5.07. The van der Waals surface area contributed by atoms with Crippen molar-refractivity contribution in [2.24, 2.45) is 0 Å². The maximum atomic E-state index is 13.2. The van der Waals surface area contributed by atoms with Crippen molar-refractivity contribution in [1.29, 1.82) is 5.26 Å². The Hall–Kier alpha value is -3.84. The molecule has 3 rings (SSSR count). The Morgan fingerprint density at radius 2 is 1.84 bits per heavy atom. The number of amides is 1. The number of carbonyl (C=O) groups excluding carboxylic acids is 1. The van der Waals surface area contributed by atoms with Gasteiger partial charge >= 0.3 is 0 Å². The highest BCUT2D eigenvalue weighted by Gasteiger charge is 2.23. The molecule has 2 aromatic rings. The van der Waals surface area contributed by atoms with Crippen LogP contribution in [0.5, 0.6) is 11.5 Å². The van der Waals surface area contributed by atoms with Gasteiger partial charge in [0.05, 0.1) is 53.9 Å². The van der Waals surface area contributed by atoms with E-state index in [4.69, 9.17) is 14.2 Å². The molecule has 1 saturated heterocycles. The minimum atomic E-state index is -0.571. The average molecular weight is 440 g/mol. The molecule has 1 fully saturated rings. The molecule has 0 aliphatic carbocycles. The molecule has 168 valence electrons. The van der Waals surface area contributed by atoms with Gasteiger partial charge in [0, 0.05) is 37.4 Å². The van der Waals surface area contributed by atoms with Crippen LogP contribution in [0.4, 0.5) is 17.1 Å². The van der Waals surface area contributed by atoms with Gasteiger partial charge in [-0.1, -0.05) is 0 Å². The van der Waals surface area contributed by atoms with Crippen molar-refractivity contribution in [3.8, 4) is 17.6 Å². The van der Waals surface area contributed by atoms with Crippen molar-refractivity contribution < 1.29 is 23.9 Å². The van der Waals surface area contributed by atoms with E-state index in [9.17, 15) is 20.2 Å². The molecule has 10 heteroatoms. The van der Waals surface area contributed by atoms with Crippen LogP contribution in [0.2, 0.25) is 0 Å². The number of nitro groups is 1. The second-order valence-corrected chi connectivity index (χ2v) is 6.83. The van der Waals surface area contributed by atoms with Crippen LogP contribution in [0, 0.1) is 21.4 Å². The van der Waals surface area contributed by atoms with Crippen molar-refractivity contribution in [2.75, 3.05) is 49.7 Å². The Kier molecular flexibility index (Phi) is 7.46. The first-order chi connectivity index (χ1) is 15.5. The highest BCUT2D eigenvalue weighted by Crippen LogP contribution is 2.35. The van der Waals surface area contributed by atoms with Crippen LogP contribution < -0.4 is 19.7 Å². The molecule has 1 aliphatic heterocycles. The van der Waals surface area contributed by atoms with Gasteiger partial charge in [-0.2, -0.15) is 5.26 Å². The molecule has 0 spiro atoms. The molecule has 0 aromatic heterocycles. The second kappa shape index (κ2) is 10.5. The number of nitrogens with one attached hydrogen (secondary N) is 1. The Labute approximate surface area is 185 Å². The first kappa shape index (κ1) is 22.8. The van der Waals surface area contributed by atoms with Gasteiger partial charge in [-0.05, 0) is 19.9 Å². The Morgan fingerprint density at radius 3 is 2.44 bits per heavy atom. The number of benzene rings is 2. The molecular weight excluding hydrogens is 416 g/mol. The van der Waals surface area contributed by atoms with Gasteiger partial charge in [0.15, 0.2) is 11.5 Å². The summed E-state index contributed by atoms with van der Waals surface area (Å²) in [6.45, 7) is 6.47. The SMILES string of the molecule is CCOc1cc(C#N)c(NC(=O)c2cc([N+](=O)[O-])ccc2N2CCOCC2)cc1OCC. The number of rotatable bonds is 8. The Bertz CT molecular complexity index is 1040. The van der Waals surface area contributed by atoms with Crippen LogP contribution in [0.1, 0.15) is 29.8 Å². The maximum Gasteiger partial charge on any atom is 0.270 e. The predicted octanol–water partition coefficient (Wildman–Crippen LogP) is 3.35. The van der Waals surface area contributed by atoms with E-state index in [1.807, 2.05) is 24.8 Å². The zero-order chi connectivity index (χ0) is 23.1. The highest BCUT2D eigenvalue weighted by atomic mass is 16.6. The van der Waals surface area contributed by atoms with Crippen LogP contribution >= 0.6 is 0 Å².